The third-order valence-electron chi connectivity index (χ3n) is 4.27. The maximum absolute atomic E-state index is 12.7. The SMILES string of the molecule is O=C(O)c1ccc(NC(=O)c2cc(S(=O)(=O)N3CCCC3)ccc2Cl)cc1. The second kappa shape index (κ2) is 7.67. The Balaban J connectivity index is 1.85. The highest BCUT2D eigenvalue weighted by atomic mass is 35.5. The maximum atomic E-state index is 12.7. The molecule has 0 radical (unpaired) electrons. The number of carbonyl (C=O) groups excluding carboxylic acids is 1. The fourth-order valence-electron chi connectivity index (χ4n) is 2.81. The van der Waals surface area contributed by atoms with Crippen molar-refractivity contribution in [1.82, 2.24) is 4.31 Å². The number of rotatable bonds is 5. The van der Waals surface area contributed by atoms with Crippen LogP contribution in [0.1, 0.15) is 33.6 Å². The first kappa shape index (κ1) is 19.3. The van der Waals surface area contributed by atoms with E-state index in [1.54, 1.807) is 0 Å². The number of anilines is 1. The van der Waals surface area contributed by atoms with E-state index in [1.165, 1.54) is 46.8 Å². The van der Waals surface area contributed by atoms with Gasteiger partial charge in [-0.1, -0.05) is 11.6 Å². The van der Waals surface area contributed by atoms with Crippen LogP contribution >= 0.6 is 11.6 Å². The molecule has 9 heteroatoms. The first-order chi connectivity index (χ1) is 12.8. The lowest BCUT2D eigenvalue weighted by Crippen LogP contribution is -2.28. The number of sulfonamides is 1. The quantitative estimate of drug-likeness (QED) is 0.791. The van der Waals surface area contributed by atoms with Crippen molar-refractivity contribution in [3.8, 4) is 0 Å². The van der Waals surface area contributed by atoms with Crippen molar-refractivity contribution >= 4 is 39.2 Å². The summed E-state index contributed by atoms with van der Waals surface area (Å²) in [6.45, 7) is 0.921. The Kier molecular flexibility index (Phi) is 5.50. The third kappa shape index (κ3) is 4.13. The van der Waals surface area contributed by atoms with Crippen LogP contribution in [0.5, 0.6) is 0 Å². The summed E-state index contributed by atoms with van der Waals surface area (Å²) >= 11 is 6.09. The fourth-order valence-corrected chi connectivity index (χ4v) is 4.56. The lowest BCUT2D eigenvalue weighted by Gasteiger charge is -2.16. The minimum absolute atomic E-state index is 0.0141. The van der Waals surface area contributed by atoms with E-state index in [2.05, 4.69) is 5.32 Å². The van der Waals surface area contributed by atoms with Crippen LogP contribution in [0.3, 0.4) is 0 Å². The summed E-state index contributed by atoms with van der Waals surface area (Å²) in [5.74, 6) is -1.66. The zero-order valence-corrected chi connectivity index (χ0v) is 15.8. The lowest BCUT2D eigenvalue weighted by molar-refractivity contribution is 0.0696. The molecule has 0 atom stereocenters. The molecule has 142 valence electrons. The number of benzene rings is 2. The molecular weight excluding hydrogens is 392 g/mol. The van der Waals surface area contributed by atoms with Crippen LogP contribution in [0.25, 0.3) is 0 Å². The van der Waals surface area contributed by atoms with Gasteiger partial charge in [0.2, 0.25) is 10.0 Å². The summed E-state index contributed by atoms with van der Waals surface area (Å²) < 4.78 is 26.7. The molecule has 7 nitrogen and oxygen atoms in total. The number of hydrogen-bond donors (Lipinski definition) is 2. The molecule has 0 spiro atoms. The van der Waals surface area contributed by atoms with Crippen molar-refractivity contribution in [1.29, 1.82) is 0 Å². The molecular formula is C18H17ClN2O5S. The van der Waals surface area contributed by atoms with E-state index in [4.69, 9.17) is 16.7 Å². The highest BCUT2D eigenvalue weighted by Gasteiger charge is 2.28. The van der Waals surface area contributed by atoms with E-state index in [-0.39, 0.29) is 21.0 Å². The minimum atomic E-state index is -3.67. The number of amides is 1. The second-order valence-electron chi connectivity index (χ2n) is 6.09. The fraction of sp³-hybridized carbons (Fsp3) is 0.222. The number of carboxylic acids is 1. The molecule has 0 bridgehead atoms. The average Bonchev–Trinajstić information content (AvgIpc) is 3.18. The van der Waals surface area contributed by atoms with Crippen LogP contribution in [0, 0.1) is 0 Å². The molecule has 2 aromatic rings. The first-order valence-corrected chi connectivity index (χ1v) is 10.1. The van der Waals surface area contributed by atoms with Gasteiger partial charge in [0.05, 0.1) is 21.0 Å². The van der Waals surface area contributed by atoms with Gasteiger partial charge in [0.1, 0.15) is 0 Å². The van der Waals surface area contributed by atoms with Gasteiger partial charge in [0.25, 0.3) is 5.91 Å². The molecule has 0 aliphatic carbocycles. The van der Waals surface area contributed by atoms with E-state index in [0.29, 0.717) is 18.8 Å². The smallest absolute Gasteiger partial charge is 0.335 e. The summed E-state index contributed by atoms with van der Waals surface area (Å²) in [5, 5.41) is 11.6. The second-order valence-corrected chi connectivity index (χ2v) is 8.43. The molecule has 1 amide bonds. The van der Waals surface area contributed by atoms with Crippen LogP contribution in [0.2, 0.25) is 5.02 Å². The Morgan fingerprint density at radius 2 is 1.67 bits per heavy atom. The maximum Gasteiger partial charge on any atom is 0.335 e. The van der Waals surface area contributed by atoms with Crippen LogP contribution in [0.15, 0.2) is 47.4 Å². The topological polar surface area (TPSA) is 104 Å². The monoisotopic (exact) mass is 408 g/mol. The van der Waals surface area contributed by atoms with Crippen molar-refractivity contribution in [2.24, 2.45) is 0 Å². The number of carboxylic acid groups (broad SMARTS) is 1. The highest BCUT2D eigenvalue weighted by molar-refractivity contribution is 7.89. The molecule has 3 rings (SSSR count). The molecule has 1 saturated heterocycles. The van der Waals surface area contributed by atoms with E-state index < -0.39 is 21.9 Å². The van der Waals surface area contributed by atoms with E-state index in [9.17, 15) is 18.0 Å². The molecule has 2 aromatic carbocycles. The summed E-state index contributed by atoms with van der Waals surface area (Å²) in [7, 11) is -3.67. The minimum Gasteiger partial charge on any atom is -0.478 e. The van der Waals surface area contributed by atoms with Crippen molar-refractivity contribution in [2.45, 2.75) is 17.7 Å². The van der Waals surface area contributed by atoms with Crippen LogP contribution < -0.4 is 5.32 Å². The normalized spacial score (nSPS) is 14.9. The number of aromatic carboxylic acids is 1. The zero-order valence-electron chi connectivity index (χ0n) is 14.2. The molecule has 1 heterocycles. The van der Waals surface area contributed by atoms with Gasteiger partial charge >= 0.3 is 5.97 Å². The Bertz CT molecular complexity index is 983. The van der Waals surface area contributed by atoms with Crippen LogP contribution in [-0.4, -0.2) is 42.8 Å². The van der Waals surface area contributed by atoms with E-state index in [1.807, 2.05) is 0 Å². The van der Waals surface area contributed by atoms with Crippen LogP contribution in [0.4, 0.5) is 5.69 Å². The summed E-state index contributed by atoms with van der Waals surface area (Å²) in [6.07, 6.45) is 1.62. The molecule has 1 fully saturated rings. The highest BCUT2D eigenvalue weighted by Crippen LogP contribution is 2.26. The van der Waals surface area contributed by atoms with Crippen molar-refractivity contribution in [3.05, 3.63) is 58.6 Å². The van der Waals surface area contributed by atoms with Gasteiger partial charge in [-0.15, -0.1) is 0 Å². The van der Waals surface area contributed by atoms with Crippen molar-refractivity contribution in [2.75, 3.05) is 18.4 Å². The molecule has 0 saturated carbocycles. The first-order valence-electron chi connectivity index (χ1n) is 8.23. The van der Waals surface area contributed by atoms with Crippen molar-refractivity contribution < 1.29 is 23.1 Å². The lowest BCUT2D eigenvalue weighted by atomic mass is 10.2. The van der Waals surface area contributed by atoms with Crippen molar-refractivity contribution in [3.63, 3.8) is 0 Å². The van der Waals surface area contributed by atoms with Crippen LogP contribution in [-0.2, 0) is 10.0 Å². The van der Waals surface area contributed by atoms with Gasteiger partial charge in [0.15, 0.2) is 0 Å². The molecule has 2 N–H and O–H groups in total. The predicted octanol–water partition coefficient (Wildman–Crippen LogP) is 3.08. The Morgan fingerprint density at radius 1 is 1.04 bits per heavy atom. The number of nitrogens with one attached hydrogen (secondary N) is 1. The largest absolute Gasteiger partial charge is 0.478 e. The summed E-state index contributed by atoms with van der Waals surface area (Å²) in [5.41, 5.74) is 0.484. The molecule has 27 heavy (non-hydrogen) atoms. The number of hydrogen-bond acceptors (Lipinski definition) is 4. The number of halogens is 1. The number of carbonyl (C=O) groups is 2. The molecule has 1 aliphatic heterocycles. The number of nitrogens with zero attached hydrogens (tertiary/aromatic N) is 1. The molecule has 0 unspecified atom stereocenters. The van der Waals surface area contributed by atoms with Gasteiger partial charge in [-0.3, -0.25) is 4.79 Å². The molecule has 0 aromatic heterocycles. The van der Waals surface area contributed by atoms with E-state index in [0.717, 1.165) is 12.8 Å². The Morgan fingerprint density at radius 3 is 2.26 bits per heavy atom. The standard InChI is InChI=1S/C18H17ClN2O5S/c19-16-8-7-14(27(25,26)21-9-1-2-10-21)11-15(16)17(22)20-13-5-3-12(4-6-13)18(23)24/h3-8,11H,1-2,9-10H2,(H,20,22)(H,23,24). The van der Waals surface area contributed by atoms with Gasteiger partial charge in [-0.25, -0.2) is 13.2 Å². The van der Waals surface area contributed by atoms with Gasteiger partial charge in [0, 0.05) is 18.8 Å². The Hall–Kier alpha value is -2.42. The summed E-state index contributed by atoms with van der Waals surface area (Å²) in [6, 6.07) is 9.63. The third-order valence-corrected chi connectivity index (χ3v) is 6.50. The van der Waals surface area contributed by atoms with Gasteiger partial charge < -0.3 is 10.4 Å². The summed E-state index contributed by atoms with van der Waals surface area (Å²) in [4.78, 5) is 23.4. The molecule has 1 aliphatic rings. The Labute approximate surface area is 161 Å². The van der Waals surface area contributed by atoms with E-state index >= 15 is 0 Å². The predicted molar refractivity (Wildman–Crippen MR) is 101 cm³/mol. The average molecular weight is 409 g/mol. The zero-order chi connectivity index (χ0) is 19.6. The van der Waals surface area contributed by atoms with Gasteiger partial charge in [-0.05, 0) is 55.3 Å². The van der Waals surface area contributed by atoms with Gasteiger partial charge in [-0.2, -0.15) is 4.31 Å².